The topological polar surface area (TPSA) is 53.5 Å². The Morgan fingerprint density at radius 1 is 1.12 bits per heavy atom. The van der Waals surface area contributed by atoms with Gasteiger partial charge >= 0.3 is 0 Å². The minimum atomic E-state index is -0.625. The summed E-state index contributed by atoms with van der Waals surface area (Å²) in [5.74, 6) is 0.150. The number of amides is 2. The lowest BCUT2D eigenvalue weighted by molar-refractivity contribution is -0.147. The van der Waals surface area contributed by atoms with Crippen molar-refractivity contribution in [1.82, 2.24) is 14.8 Å². The molecule has 0 spiro atoms. The molecule has 4 rings (SSSR count). The Kier molecular flexibility index (Phi) is 6.70. The van der Waals surface area contributed by atoms with Gasteiger partial charge < -0.3 is 9.80 Å². The van der Waals surface area contributed by atoms with Crippen LogP contribution in [0, 0.1) is 5.41 Å². The third kappa shape index (κ3) is 4.75. The number of likely N-dealkylation sites (tertiary alicyclic amines) is 1. The van der Waals surface area contributed by atoms with Crippen molar-refractivity contribution in [2.75, 3.05) is 27.2 Å². The molecule has 0 saturated carbocycles. The van der Waals surface area contributed by atoms with Crippen molar-refractivity contribution in [3.63, 3.8) is 0 Å². The number of hydrogen-bond donors (Lipinski definition) is 0. The Hall–Kier alpha value is -2.99. The van der Waals surface area contributed by atoms with Crippen LogP contribution in [0.3, 0.4) is 0 Å². The number of piperidine rings is 1. The molecule has 6 heteroatoms. The lowest BCUT2D eigenvalue weighted by Gasteiger charge is -2.43. The largest absolute Gasteiger partial charge is 0.348 e. The number of nitrogens with zero attached hydrogens (tertiary/aromatic N) is 3. The number of carbonyl (C=O) groups is 2. The van der Waals surface area contributed by atoms with E-state index in [9.17, 15) is 9.59 Å². The Morgan fingerprint density at radius 2 is 1.97 bits per heavy atom. The summed E-state index contributed by atoms with van der Waals surface area (Å²) in [6, 6.07) is 16.3. The van der Waals surface area contributed by atoms with E-state index in [0.717, 1.165) is 24.0 Å². The molecule has 1 saturated heterocycles. The van der Waals surface area contributed by atoms with Crippen LogP contribution in [0.5, 0.6) is 0 Å². The first-order chi connectivity index (χ1) is 15.5. The average molecular weight is 448 g/mol. The van der Waals surface area contributed by atoms with E-state index in [2.05, 4.69) is 34.6 Å². The van der Waals surface area contributed by atoms with Crippen LogP contribution in [0.4, 0.5) is 0 Å². The molecule has 0 bridgehead atoms. The molecular formula is C26H29N3O2S. The Bertz CT molecular complexity index is 1070. The zero-order valence-corrected chi connectivity index (χ0v) is 19.5. The van der Waals surface area contributed by atoms with Crippen molar-refractivity contribution in [1.29, 1.82) is 0 Å². The van der Waals surface area contributed by atoms with E-state index in [1.165, 1.54) is 10.4 Å². The van der Waals surface area contributed by atoms with Crippen LogP contribution in [0.25, 0.3) is 10.4 Å². The molecule has 2 aromatic heterocycles. The molecule has 0 N–H and O–H groups in total. The van der Waals surface area contributed by atoms with E-state index in [1.54, 1.807) is 28.6 Å². The van der Waals surface area contributed by atoms with Crippen LogP contribution < -0.4 is 0 Å². The van der Waals surface area contributed by atoms with Gasteiger partial charge in [-0.2, -0.15) is 0 Å². The molecular weight excluding hydrogens is 418 g/mol. The van der Waals surface area contributed by atoms with E-state index in [1.807, 2.05) is 43.3 Å². The lowest BCUT2D eigenvalue weighted by atomic mass is 9.73. The van der Waals surface area contributed by atoms with E-state index in [0.29, 0.717) is 25.9 Å². The second-order valence-electron chi connectivity index (χ2n) is 8.75. The lowest BCUT2D eigenvalue weighted by Crippen LogP contribution is -2.54. The molecule has 1 aliphatic heterocycles. The highest BCUT2D eigenvalue weighted by molar-refractivity contribution is 7.13. The molecule has 1 aliphatic rings. The van der Waals surface area contributed by atoms with Crippen LogP contribution in [-0.2, 0) is 22.4 Å². The van der Waals surface area contributed by atoms with Gasteiger partial charge in [-0.05, 0) is 53.5 Å². The predicted molar refractivity (Wildman–Crippen MR) is 128 cm³/mol. The number of carbonyl (C=O) groups excluding carboxylic acids is 2. The van der Waals surface area contributed by atoms with Crippen molar-refractivity contribution < 1.29 is 9.59 Å². The molecule has 0 unspecified atom stereocenters. The summed E-state index contributed by atoms with van der Waals surface area (Å²) >= 11 is 1.71. The van der Waals surface area contributed by atoms with Gasteiger partial charge in [-0.25, -0.2) is 0 Å². The summed E-state index contributed by atoms with van der Waals surface area (Å²) < 4.78 is 0. The Morgan fingerprint density at radius 3 is 2.69 bits per heavy atom. The Labute approximate surface area is 193 Å². The summed E-state index contributed by atoms with van der Waals surface area (Å²) in [4.78, 5) is 35.5. The predicted octanol–water partition coefficient (Wildman–Crippen LogP) is 4.29. The summed E-state index contributed by atoms with van der Waals surface area (Å²) in [6.07, 6.45) is 5.97. The molecule has 1 aromatic carbocycles. The van der Waals surface area contributed by atoms with Crippen molar-refractivity contribution in [3.8, 4) is 10.4 Å². The third-order valence-electron chi connectivity index (χ3n) is 6.20. The highest BCUT2D eigenvalue weighted by Gasteiger charge is 2.44. The van der Waals surface area contributed by atoms with Crippen LogP contribution >= 0.6 is 11.3 Å². The number of aromatic nitrogens is 1. The van der Waals surface area contributed by atoms with E-state index >= 15 is 0 Å². The van der Waals surface area contributed by atoms with E-state index in [4.69, 9.17) is 0 Å². The van der Waals surface area contributed by atoms with Crippen molar-refractivity contribution in [2.24, 2.45) is 5.41 Å². The summed E-state index contributed by atoms with van der Waals surface area (Å²) in [5.41, 5.74) is 2.61. The first-order valence-corrected chi connectivity index (χ1v) is 11.9. The van der Waals surface area contributed by atoms with Crippen LogP contribution in [0.1, 0.15) is 24.0 Å². The molecule has 166 valence electrons. The fourth-order valence-electron chi connectivity index (χ4n) is 4.71. The number of rotatable bonds is 6. The molecule has 1 atom stereocenters. The van der Waals surface area contributed by atoms with Crippen LogP contribution in [-0.4, -0.2) is 53.8 Å². The number of pyridine rings is 1. The molecule has 1 fully saturated rings. The van der Waals surface area contributed by atoms with E-state index < -0.39 is 5.41 Å². The second kappa shape index (κ2) is 9.65. The highest BCUT2D eigenvalue weighted by atomic mass is 32.1. The standard InChI is InChI=1S/C26H29N3O2S/c1-28(2)25(31)26(17-21-9-3-4-10-22(21)23-11-6-15-32-23)12-7-14-29(19-26)24(30)16-20-8-5-13-27-18-20/h3-6,8-11,13,15,18H,7,12,14,16-17,19H2,1-2H3/t26-/m0/s1. The molecule has 5 nitrogen and oxygen atoms in total. The fourth-order valence-corrected chi connectivity index (χ4v) is 5.50. The van der Waals surface area contributed by atoms with Crippen LogP contribution in [0.15, 0.2) is 66.3 Å². The van der Waals surface area contributed by atoms with Gasteiger partial charge in [0, 0.05) is 44.5 Å². The first kappa shape index (κ1) is 22.2. The fraction of sp³-hybridized carbons (Fsp3) is 0.346. The van der Waals surface area contributed by atoms with Gasteiger partial charge in [-0.3, -0.25) is 14.6 Å². The number of thiophene rings is 1. The summed E-state index contributed by atoms with van der Waals surface area (Å²) in [7, 11) is 3.62. The van der Waals surface area contributed by atoms with E-state index in [-0.39, 0.29) is 11.8 Å². The molecule has 32 heavy (non-hydrogen) atoms. The minimum absolute atomic E-state index is 0.0557. The quantitative estimate of drug-likeness (QED) is 0.566. The number of benzene rings is 1. The zero-order valence-electron chi connectivity index (χ0n) is 18.7. The second-order valence-corrected chi connectivity index (χ2v) is 9.70. The number of hydrogen-bond acceptors (Lipinski definition) is 4. The first-order valence-electron chi connectivity index (χ1n) is 11.0. The SMILES string of the molecule is CN(C)C(=O)[C@]1(Cc2ccccc2-c2cccs2)CCCN(C(=O)Cc2cccnc2)C1. The smallest absolute Gasteiger partial charge is 0.230 e. The van der Waals surface area contributed by atoms with Crippen molar-refractivity contribution in [2.45, 2.75) is 25.7 Å². The maximum absolute atomic E-state index is 13.5. The molecule has 3 heterocycles. The normalized spacial score (nSPS) is 18.4. The van der Waals surface area contributed by atoms with Gasteiger partial charge in [-0.15, -0.1) is 11.3 Å². The Balaban J connectivity index is 1.63. The zero-order chi connectivity index (χ0) is 22.6. The maximum Gasteiger partial charge on any atom is 0.230 e. The summed E-state index contributed by atoms with van der Waals surface area (Å²) in [5, 5.41) is 2.08. The summed E-state index contributed by atoms with van der Waals surface area (Å²) in [6.45, 7) is 1.13. The van der Waals surface area contributed by atoms with Gasteiger partial charge in [0.25, 0.3) is 0 Å². The van der Waals surface area contributed by atoms with Gasteiger partial charge in [0.05, 0.1) is 11.8 Å². The van der Waals surface area contributed by atoms with Crippen molar-refractivity contribution >= 4 is 23.2 Å². The van der Waals surface area contributed by atoms with Gasteiger partial charge in [0.15, 0.2) is 0 Å². The maximum atomic E-state index is 13.5. The average Bonchev–Trinajstić information content (AvgIpc) is 3.34. The monoisotopic (exact) mass is 447 g/mol. The molecule has 0 aliphatic carbocycles. The molecule has 2 amide bonds. The molecule has 3 aromatic rings. The molecule has 0 radical (unpaired) electrons. The van der Waals surface area contributed by atoms with Crippen molar-refractivity contribution in [3.05, 3.63) is 77.4 Å². The minimum Gasteiger partial charge on any atom is -0.348 e. The van der Waals surface area contributed by atoms with Gasteiger partial charge in [0.1, 0.15) is 0 Å². The van der Waals surface area contributed by atoms with Crippen LogP contribution in [0.2, 0.25) is 0 Å². The highest BCUT2D eigenvalue weighted by Crippen LogP contribution is 2.39. The third-order valence-corrected chi connectivity index (χ3v) is 7.10. The van der Waals surface area contributed by atoms with Gasteiger partial charge in [0.2, 0.25) is 11.8 Å². The van der Waals surface area contributed by atoms with Gasteiger partial charge in [-0.1, -0.05) is 36.4 Å².